The van der Waals surface area contributed by atoms with E-state index in [0.29, 0.717) is 0 Å². The van der Waals surface area contributed by atoms with E-state index in [-0.39, 0.29) is 0 Å². The summed E-state index contributed by atoms with van der Waals surface area (Å²) >= 11 is 0. The zero-order chi connectivity index (χ0) is 23.7. The fourth-order valence-electron chi connectivity index (χ4n) is 5.21. The molecule has 0 spiro atoms. The van der Waals surface area contributed by atoms with E-state index in [1.54, 1.807) is 7.11 Å². The minimum absolute atomic E-state index is 0.880. The lowest BCUT2D eigenvalue weighted by Gasteiger charge is -2.15. The van der Waals surface area contributed by atoms with Gasteiger partial charge in [0.15, 0.2) is 0 Å². The Labute approximate surface area is 202 Å². The Balaban J connectivity index is 1.93. The van der Waals surface area contributed by atoms with Gasteiger partial charge >= 0.3 is 0 Å². The molecular weight excluding hydrogens is 416 g/mol. The molecule has 0 unspecified atom stereocenters. The molecule has 0 radical (unpaired) electrons. The van der Waals surface area contributed by atoms with Crippen molar-refractivity contribution in [3.8, 4) is 39.3 Å². The van der Waals surface area contributed by atoms with Gasteiger partial charge in [-0.15, -0.1) is 0 Å². The molecule has 3 aromatic carbocycles. The third-order valence-corrected chi connectivity index (χ3v) is 6.76. The van der Waals surface area contributed by atoms with Gasteiger partial charge in [0.1, 0.15) is 17.1 Å². The minimum Gasteiger partial charge on any atom is -0.497 e. The van der Waals surface area contributed by atoms with Crippen molar-refractivity contribution in [2.45, 2.75) is 46.5 Å². The molecule has 0 saturated carbocycles. The molecule has 0 N–H and O–H groups in total. The summed E-state index contributed by atoms with van der Waals surface area (Å²) in [5.41, 5.74) is 11.4. The van der Waals surface area contributed by atoms with Crippen LogP contribution in [0.4, 0.5) is 0 Å². The monoisotopic (exact) mass is 448 g/mol. The minimum atomic E-state index is 0.880. The van der Waals surface area contributed by atoms with E-state index < -0.39 is 0 Å². The van der Waals surface area contributed by atoms with Crippen molar-refractivity contribution in [1.82, 2.24) is 0 Å². The van der Waals surface area contributed by atoms with Crippen LogP contribution in [0.25, 0.3) is 44.5 Å². The second-order valence-electron chi connectivity index (χ2n) is 9.10. The van der Waals surface area contributed by atoms with Crippen molar-refractivity contribution in [2.24, 2.45) is 0 Å². The molecule has 0 aromatic heterocycles. The highest BCUT2D eigenvalue weighted by Gasteiger charge is 2.30. The predicted octanol–water partition coefficient (Wildman–Crippen LogP) is 9.09. The number of fused-ring (bicyclic) bond motifs is 3. The molecule has 34 heavy (non-hydrogen) atoms. The van der Waals surface area contributed by atoms with Gasteiger partial charge in [-0.05, 0) is 60.2 Å². The zero-order valence-electron chi connectivity index (χ0n) is 20.6. The van der Waals surface area contributed by atoms with Gasteiger partial charge in [-0.1, -0.05) is 86.8 Å². The molecule has 1 aliphatic heterocycles. The molecule has 2 heteroatoms. The van der Waals surface area contributed by atoms with E-state index >= 15 is 0 Å². The third-order valence-electron chi connectivity index (χ3n) is 6.76. The average molecular weight is 449 g/mol. The molecule has 1 heterocycles. The molecule has 1 aliphatic carbocycles. The zero-order valence-corrected chi connectivity index (χ0v) is 20.6. The van der Waals surface area contributed by atoms with Gasteiger partial charge in [0.2, 0.25) is 0 Å². The number of para-hydroxylation sites is 1. The van der Waals surface area contributed by atoms with Gasteiger partial charge < -0.3 is 9.15 Å². The van der Waals surface area contributed by atoms with Crippen molar-refractivity contribution in [2.75, 3.05) is 7.11 Å². The predicted molar refractivity (Wildman–Crippen MR) is 143 cm³/mol. The van der Waals surface area contributed by atoms with Gasteiger partial charge in [-0.2, -0.15) is 0 Å². The normalized spacial score (nSPS) is 11.4. The molecule has 2 aliphatic rings. The van der Waals surface area contributed by atoms with E-state index in [4.69, 9.17) is 9.15 Å². The van der Waals surface area contributed by atoms with Crippen LogP contribution in [0, 0.1) is 6.92 Å². The number of hydrogen-bond donors (Lipinski definition) is 0. The van der Waals surface area contributed by atoms with Crippen LogP contribution in [0.15, 0.2) is 77.2 Å². The van der Waals surface area contributed by atoms with Gasteiger partial charge in [0.25, 0.3) is 0 Å². The molecule has 172 valence electrons. The fraction of sp³-hybridized carbons (Fsp3) is 0.250. The third kappa shape index (κ3) is 3.77. The van der Waals surface area contributed by atoms with Crippen LogP contribution in [0.1, 0.15) is 43.4 Å². The Morgan fingerprint density at radius 1 is 0.676 bits per heavy atom. The number of aryl methyl sites for hydroxylation is 1. The van der Waals surface area contributed by atoms with Crippen molar-refractivity contribution < 1.29 is 9.15 Å². The maximum atomic E-state index is 6.69. The summed E-state index contributed by atoms with van der Waals surface area (Å²) < 4.78 is 12.1. The summed E-state index contributed by atoms with van der Waals surface area (Å²) in [5, 5.41) is 1.18. The van der Waals surface area contributed by atoms with E-state index in [9.17, 15) is 0 Å². The molecule has 3 aromatic rings. The van der Waals surface area contributed by atoms with E-state index in [1.165, 1.54) is 44.3 Å². The molecule has 0 fully saturated rings. The number of methoxy groups -OCH3 is 1. The summed E-state index contributed by atoms with van der Waals surface area (Å²) in [6, 6.07) is 25.8. The summed E-state index contributed by atoms with van der Waals surface area (Å²) in [5.74, 6) is 1.86. The van der Waals surface area contributed by atoms with E-state index in [0.717, 1.165) is 48.3 Å². The molecule has 0 bridgehead atoms. The highest BCUT2D eigenvalue weighted by molar-refractivity contribution is 6.09. The maximum Gasteiger partial charge on any atom is 0.142 e. The second kappa shape index (κ2) is 9.38. The van der Waals surface area contributed by atoms with Crippen LogP contribution in [0.5, 0.6) is 5.75 Å². The molecule has 0 atom stereocenters. The van der Waals surface area contributed by atoms with Gasteiger partial charge in [0.05, 0.1) is 7.11 Å². The molecular formula is C32H32O2. The summed E-state index contributed by atoms with van der Waals surface area (Å²) in [6.07, 6.45) is 4.28. The standard InChI is InChI=1S/C32H32O2/c1-5-9-25-26(10-6-2)31-30(29(25)22-17-19-24(33-4)20-18-22)27-11-7-8-12-28(27)34-32(31)23-15-13-21(3)14-16-23/h7-8,11-20H,5-6,9-10H2,1-4H3. The van der Waals surface area contributed by atoms with Crippen molar-refractivity contribution >= 4 is 11.0 Å². The first-order valence-electron chi connectivity index (χ1n) is 12.4. The summed E-state index contributed by atoms with van der Waals surface area (Å²) in [4.78, 5) is 0. The van der Waals surface area contributed by atoms with Crippen LogP contribution in [-0.4, -0.2) is 7.11 Å². The second-order valence-corrected chi connectivity index (χ2v) is 9.10. The largest absolute Gasteiger partial charge is 0.497 e. The first kappa shape index (κ1) is 22.3. The van der Waals surface area contributed by atoms with Crippen molar-refractivity contribution in [1.29, 1.82) is 0 Å². The van der Waals surface area contributed by atoms with Gasteiger partial charge in [-0.25, -0.2) is 0 Å². The maximum absolute atomic E-state index is 6.69. The summed E-state index contributed by atoms with van der Waals surface area (Å²) in [6.45, 7) is 6.67. The molecule has 0 saturated heterocycles. The number of rotatable bonds is 7. The van der Waals surface area contributed by atoms with Crippen molar-refractivity contribution in [3.63, 3.8) is 0 Å². The Hall–Kier alpha value is -3.52. The van der Waals surface area contributed by atoms with E-state index in [2.05, 4.69) is 93.6 Å². The van der Waals surface area contributed by atoms with Crippen LogP contribution in [0.3, 0.4) is 0 Å². The quantitative estimate of drug-likeness (QED) is 0.248. The van der Waals surface area contributed by atoms with Gasteiger partial charge in [-0.3, -0.25) is 0 Å². The van der Waals surface area contributed by atoms with Crippen LogP contribution >= 0.6 is 0 Å². The van der Waals surface area contributed by atoms with Crippen LogP contribution in [0.2, 0.25) is 0 Å². The highest BCUT2D eigenvalue weighted by atomic mass is 16.5. The van der Waals surface area contributed by atoms with Gasteiger partial charge in [0, 0.05) is 22.1 Å². The summed E-state index contributed by atoms with van der Waals surface area (Å²) in [7, 11) is 1.72. The lowest BCUT2D eigenvalue weighted by molar-refractivity contribution is 0.415. The van der Waals surface area contributed by atoms with Crippen LogP contribution in [-0.2, 0) is 12.8 Å². The highest BCUT2D eigenvalue weighted by Crippen LogP contribution is 2.52. The Morgan fingerprint density at radius 2 is 1.29 bits per heavy atom. The Kier molecular flexibility index (Phi) is 6.15. The first-order valence-corrected chi connectivity index (χ1v) is 12.4. The number of benzene rings is 3. The number of ether oxygens (including phenoxy) is 1. The molecule has 2 nitrogen and oxygen atoms in total. The molecule has 5 rings (SSSR count). The lowest BCUT2D eigenvalue weighted by Crippen LogP contribution is -1.93. The number of hydrogen-bond acceptors (Lipinski definition) is 2. The Bertz CT molecular complexity index is 1390. The van der Waals surface area contributed by atoms with Crippen molar-refractivity contribution in [3.05, 3.63) is 89.5 Å². The fourth-order valence-corrected chi connectivity index (χ4v) is 5.21. The first-order chi connectivity index (χ1) is 16.7. The smallest absolute Gasteiger partial charge is 0.142 e. The lowest BCUT2D eigenvalue weighted by atomic mass is 9.93. The van der Waals surface area contributed by atoms with Crippen LogP contribution < -0.4 is 4.74 Å². The van der Waals surface area contributed by atoms with E-state index in [1.807, 2.05) is 0 Å². The molecule has 0 amide bonds. The average Bonchev–Trinajstić information content (AvgIpc) is 3.19. The SMILES string of the molecule is CCCc1c(CCC)c(-c2ccc(OC)cc2)c2c3ccccc3oc(-c3ccc(C)cc3)c1-2. The topological polar surface area (TPSA) is 22.4 Å². The Morgan fingerprint density at radius 3 is 1.94 bits per heavy atom.